The molecule has 3 rings (SSSR count). The fourth-order valence-electron chi connectivity index (χ4n) is 2.29. The van der Waals surface area contributed by atoms with Gasteiger partial charge in [-0.3, -0.25) is 9.88 Å². The third-order valence-corrected chi connectivity index (χ3v) is 3.39. The number of hydrogen-bond acceptors (Lipinski definition) is 4. The maximum atomic E-state index is 14.3. The van der Waals surface area contributed by atoms with Crippen molar-refractivity contribution >= 4 is 11.8 Å². The van der Waals surface area contributed by atoms with Crippen molar-refractivity contribution in [3.8, 4) is 11.1 Å². The first-order valence-corrected chi connectivity index (χ1v) is 6.57. The van der Waals surface area contributed by atoms with Crippen LogP contribution in [0, 0.1) is 5.82 Å². The standard InChI is InChI=1S/C15H14FN3O2/c16-14-7-11(19-9-12(8-17)21-15(19)20)1-2-13(14)10-3-5-18-6-4-10/h1-7,12H,8-9,17H2/t12-/m0/s1. The number of benzene rings is 1. The molecule has 1 aromatic carbocycles. The van der Waals surface area contributed by atoms with Gasteiger partial charge in [0, 0.05) is 24.5 Å². The Morgan fingerprint density at radius 1 is 1.33 bits per heavy atom. The van der Waals surface area contributed by atoms with Gasteiger partial charge in [-0.1, -0.05) is 0 Å². The average molecular weight is 287 g/mol. The maximum absolute atomic E-state index is 14.3. The van der Waals surface area contributed by atoms with Gasteiger partial charge in [0.1, 0.15) is 11.9 Å². The highest BCUT2D eigenvalue weighted by molar-refractivity contribution is 5.90. The van der Waals surface area contributed by atoms with Crippen molar-refractivity contribution in [2.45, 2.75) is 6.10 Å². The summed E-state index contributed by atoms with van der Waals surface area (Å²) in [6, 6.07) is 8.12. The number of aromatic nitrogens is 1. The molecule has 0 spiro atoms. The summed E-state index contributed by atoms with van der Waals surface area (Å²) in [5, 5.41) is 0. The Bertz CT molecular complexity index is 663. The van der Waals surface area contributed by atoms with Crippen LogP contribution in [-0.2, 0) is 4.74 Å². The minimum atomic E-state index is -0.499. The molecule has 2 aromatic rings. The summed E-state index contributed by atoms with van der Waals surface area (Å²) in [6.45, 7) is 0.587. The minimum Gasteiger partial charge on any atom is -0.443 e. The van der Waals surface area contributed by atoms with Gasteiger partial charge in [0.05, 0.1) is 12.2 Å². The number of hydrogen-bond donors (Lipinski definition) is 1. The van der Waals surface area contributed by atoms with Gasteiger partial charge in [0.2, 0.25) is 0 Å². The summed E-state index contributed by atoms with van der Waals surface area (Å²) in [5.41, 5.74) is 7.14. The number of anilines is 1. The Kier molecular flexibility index (Phi) is 3.53. The molecule has 21 heavy (non-hydrogen) atoms. The first-order chi connectivity index (χ1) is 10.2. The van der Waals surface area contributed by atoms with Crippen LogP contribution in [0.4, 0.5) is 14.9 Å². The molecule has 6 heteroatoms. The van der Waals surface area contributed by atoms with Gasteiger partial charge in [-0.2, -0.15) is 0 Å². The second kappa shape index (κ2) is 5.49. The molecule has 0 radical (unpaired) electrons. The van der Waals surface area contributed by atoms with E-state index in [2.05, 4.69) is 4.98 Å². The van der Waals surface area contributed by atoms with Crippen LogP contribution in [0.2, 0.25) is 0 Å². The number of amides is 1. The smallest absolute Gasteiger partial charge is 0.414 e. The van der Waals surface area contributed by atoms with Gasteiger partial charge in [0.15, 0.2) is 0 Å². The SMILES string of the molecule is NC[C@H]1CN(c2ccc(-c3ccncc3)c(F)c2)C(=O)O1. The van der Waals surface area contributed by atoms with Gasteiger partial charge in [-0.15, -0.1) is 0 Å². The number of nitrogens with zero attached hydrogens (tertiary/aromatic N) is 2. The third-order valence-electron chi connectivity index (χ3n) is 3.39. The Labute approximate surface area is 121 Å². The zero-order valence-electron chi connectivity index (χ0n) is 11.2. The molecule has 1 aliphatic rings. The van der Waals surface area contributed by atoms with Crippen LogP contribution in [0.3, 0.4) is 0 Å². The number of rotatable bonds is 3. The van der Waals surface area contributed by atoms with Crippen molar-refractivity contribution < 1.29 is 13.9 Å². The Hall–Kier alpha value is -2.47. The van der Waals surface area contributed by atoms with Crippen molar-refractivity contribution in [1.82, 2.24) is 4.98 Å². The van der Waals surface area contributed by atoms with E-state index in [0.717, 1.165) is 5.56 Å². The zero-order valence-corrected chi connectivity index (χ0v) is 11.2. The predicted octanol–water partition coefficient (Wildman–Crippen LogP) is 2.17. The lowest BCUT2D eigenvalue weighted by molar-refractivity contribution is 0.145. The molecular formula is C15H14FN3O2. The van der Waals surface area contributed by atoms with E-state index >= 15 is 0 Å². The number of carbonyl (C=O) groups is 1. The highest BCUT2D eigenvalue weighted by Crippen LogP contribution is 2.28. The van der Waals surface area contributed by atoms with Crippen molar-refractivity contribution in [2.24, 2.45) is 5.73 Å². The molecule has 108 valence electrons. The third kappa shape index (κ3) is 2.57. The summed E-state index contributed by atoms with van der Waals surface area (Å²) in [7, 11) is 0. The number of pyridine rings is 1. The van der Waals surface area contributed by atoms with Gasteiger partial charge >= 0.3 is 6.09 Å². The molecule has 0 unspecified atom stereocenters. The highest BCUT2D eigenvalue weighted by Gasteiger charge is 2.31. The maximum Gasteiger partial charge on any atom is 0.414 e. The molecule has 1 atom stereocenters. The Balaban J connectivity index is 1.90. The topological polar surface area (TPSA) is 68.5 Å². The van der Waals surface area contributed by atoms with E-state index in [-0.39, 0.29) is 12.6 Å². The molecule has 0 saturated carbocycles. The second-order valence-corrected chi connectivity index (χ2v) is 4.75. The van der Waals surface area contributed by atoms with Crippen LogP contribution in [0.15, 0.2) is 42.7 Å². The molecule has 1 aliphatic heterocycles. The van der Waals surface area contributed by atoms with Crippen LogP contribution in [0.25, 0.3) is 11.1 Å². The second-order valence-electron chi connectivity index (χ2n) is 4.75. The van der Waals surface area contributed by atoms with Gasteiger partial charge < -0.3 is 10.5 Å². The fraction of sp³-hybridized carbons (Fsp3) is 0.200. The summed E-state index contributed by atoms with van der Waals surface area (Å²) >= 11 is 0. The Morgan fingerprint density at radius 2 is 2.10 bits per heavy atom. The van der Waals surface area contributed by atoms with E-state index in [1.165, 1.54) is 11.0 Å². The summed E-state index contributed by atoms with van der Waals surface area (Å²) in [6.07, 6.45) is 2.36. The number of nitrogens with two attached hydrogens (primary N) is 1. The largest absolute Gasteiger partial charge is 0.443 e. The summed E-state index contributed by atoms with van der Waals surface area (Å²) in [5.74, 6) is -0.400. The lowest BCUT2D eigenvalue weighted by Crippen LogP contribution is -2.27. The van der Waals surface area contributed by atoms with E-state index in [4.69, 9.17) is 10.5 Å². The number of halogens is 1. The molecule has 2 N–H and O–H groups in total. The minimum absolute atomic E-state index is 0.250. The quantitative estimate of drug-likeness (QED) is 0.939. The molecule has 0 bridgehead atoms. The van der Waals surface area contributed by atoms with Crippen molar-refractivity contribution in [3.63, 3.8) is 0 Å². The van der Waals surface area contributed by atoms with Crippen LogP contribution in [0.5, 0.6) is 0 Å². The van der Waals surface area contributed by atoms with E-state index in [1.54, 1.807) is 36.7 Å². The van der Waals surface area contributed by atoms with Gasteiger partial charge in [0.25, 0.3) is 0 Å². The van der Waals surface area contributed by atoms with E-state index in [1.807, 2.05) is 0 Å². The summed E-state index contributed by atoms with van der Waals surface area (Å²) < 4.78 is 19.3. The number of ether oxygens (including phenoxy) is 1. The molecule has 1 amide bonds. The molecule has 1 saturated heterocycles. The summed E-state index contributed by atoms with van der Waals surface area (Å²) in [4.78, 5) is 17.0. The number of carbonyl (C=O) groups excluding carboxylic acids is 1. The molecule has 1 fully saturated rings. The molecule has 1 aromatic heterocycles. The van der Waals surface area contributed by atoms with E-state index in [9.17, 15) is 9.18 Å². The van der Waals surface area contributed by atoms with E-state index < -0.39 is 11.9 Å². The van der Waals surface area contributed by atoms with Gasteiger partial charge in [-0.25, -0.2) is 9.18 Å². The molecular weight excluding hydrogens is 273 g/mol. The fourth-order valence-corrected chi connectivity index (χ4v) is 2.29. The predicted molar refractivity (Wildman–Crippen MR) is 76.3 cm³/mol. The zero-order chi connectivity index (χ0) is 14.8. The highest BCUT2D eigenvalue weighted by atomic mass is 19.1. The average Bonchev–Trinajstić information content (AvgIpc) is 2.89. The molecule has 2 heterocycles. The molecule has 5 nitrogen and oxygen atoms in total. The van der Waals surface area contributed by atoms with Crippen molar-refractivity contribution in [3.05, 3.63) is 48.5 Å². The number of cyclic esters (lactones) is 1. The van der Waals surface area contributed by atoms with E-state index in [0.29, 0.717) is 17.8 Å². The lowest BCUT2D eigenvalue weighted by Gasteiger charge is -2.14. The van der Waals surface area contributed by atoms with Crippen LogP contribution >= 0.6 is 0 Å². The normalized spacial score (nSPS) is 17.9. The van der Waals surface area contributed by atoms with Crippen LogP contribution in [-0.4, -0.2) is 30.3 Å². The van der Waals surface area contributed by atoms with Crippen molar-refractivity contribution in [1.29, 1.82) is 0 Å². The Morgan fingerprint density at radius 3 is 2.71 bits per heavy atom. The van der Waals surface area contributed by atoms with Crippen LogP contribution in [0.1, 0.15) is 0 Å². The molecule has 0 aliphatic carbocycles. The first-order valence-electron chi connectivity index (χ1n) is 6.57. The monoisotopic (exact) mass is 287 g/mol. The lowest BCUT2D eigenvalue weighted by atomic mass is 10.1. The first kappa shape index (κ1) is 13.5. The van der Waals surface area contributed by atoms with Crippen molar-refractivity contribution in [2.75, 3.05) is 18.0 Å². The van der Waals surface area contributed by atoms with Crippen LogP contribution < -0.4 is 10.6 Å². The van der Waals surface area contributed by atoms with Gasteiger partial charge in [-0.05, 0) is 35.9 Å².